The lowest BCUT2D eigenvalue weighted by Crippen LogP contribution is -2.42. The zero-order valence-corrected chi connectivity index (χ0v) is 17.9. The molecule has 7 heteroatoms. The molecule has 1 saturated carbocycles. The standard InChI is InChI=1S/C21H26N2O3S2/c1-14-7-3-5-9-18(14)23-20(24)11-26-21(25)17-8-4-6-10-19(17)28-13-16-12-27-15(2)22-16/h4,6,8,10,12,14,18H,3,5,7,9,11,13H2,1-2H3,(H,23,24)/t14-,18-/m1/s1. The van der Waals surface area contributed by atoms with Crippen LogP contribution in [0.4, 0.5) is 0 Å². The third kappa shape index (κ3) is 5.82. The molecule has 1 amide bonds. The minimum atomic E-state index is -0.468. The van der Waals surface area contributed by atoms with Gasteiger partial charge >= 0.3 is 5.97 Å². The van der Waals surface area contributed by atoms with Crippen LogP contribution in [0.25, 0.3) is 0 Å². The van der Waals surface area contributed by atoms with Gasteiger partial charge in [-0.2, -0.15) is 0 Å². The lowest BCUT2D eigenvalue weighted by Gasteiger charge is -2.29. The summed E-state index contributed by atoms with van der Waals surface area (Å²) in [5.74, 6) is 0.466. The fourth-order valence-corrected chi connectivity index (χ4v) is 5.03. The number of ether oxygens (including phenoxy) is 1. The van der Waals surface area contributed by atoms with Crippen LogP contribution in [0.1, 0.15) is 53.7 Å². The highest BCUT2D eigenvalue weighted by Gasteiger charge is 2.23. The minimum Gasteiger partial charge on any atom is -0.452 e. The van der Waals surface area contributed by atoms with Crippen molar-refractivity contribution in [1.82, 2.24) is 10.3 Å². The van der Waals surface area contributed by atoms with Gasteiger partial charge in [0.15, 0.2) is 6.61 Å². The van der Waals surface area contributed by atoms with Crippen LogP contribution >= 0.6 is 23.1 Å². The molecule has 0 aliphatic heterocycles. The normalized spacial score (nSPS) is 19.2. The van der Waals surface area contributed by atoms with E-state index in [0.29, 0.717) is 17.2 Å². The number of aromatic nitrogens is 1. The van der Waals surface area contributed by atoms with E-state index in [2.05, 4.69) is 17.2 Å². The highest BCUT2D eigenvalue weighted by Crippen LogP contribution is 2.27. The molecule has 1 aliphatic carbocycles. The summed E-state index contributed by atoms with van der Waals surface area (Å²) in [5.41, 5.74) is 1.48. The van der Waals surface area contributed by atoms with Crippen molar-refractivity contribution in [3.63, 3.8) is 0 Å². The maximum absolute atomic E-state index is 12.5. The van der Waals surface area contributed by atoms with Gasteiger partial charge in [0.05, 0.1) is 16.3 Å². The highest BCUT2D eigenvalue weighted by molar-refractivity contribution is 7.98. The fourth-order valence-electron chi connectivity index (χ4n) is 3.38. The van der Waals surface area contributed by atoms with E-state index in [9.17, 15) is 9.59 Å². The molecule has 1 N–H and O–H groups in total. The van der Waals surface area contributed by atoms with E-state index in [1.54, 1.807) is 35.2 Å². The molecule has 0 saturated heterocycles. The average Bonchev–Trinajstić information content (AvgIpc) is 3.12. The Balaban J connectivity index is 1.53. The topological polar surface area (TPSA) is 68.3 Å². The molecule has 0 spiro atoms. The number of thiazole rings is 1. The molecule has 3 rings (SSSR count). The number of amides is 1. The third-order valence-corrected chi connectivity index (χ3v) is 6.87. The summed E-state index contributed by atoms with van der Waals surface area (Å²) in [6, 6.07) is 7.51. The fraction of sp³-hybridized carbons (Fsp3) is 0.476. The average molecular weight is 419 g/mol. The Morgan fingerprint density at radius 3 is 2.82 bits per heavy atom. The Kier molecular flexibility index (Phi) is 7.50. The van der Waals surface area contributed by atoms with Gasteiger partial charge < -0.3 is 10.1 Å². The second kappa shape index (κ2) is 10.1. The molecular formula is C21H26N2O3S2. The number of carbonyl (C=O) groups is 2. The molecule has 1 heterocycles. The molecule has 5 nitrogen and oxygen atoms in total. The van der Waals surface area contributed by atoms with Crippen molar-refractivity contribution in [2.75, 3.05) is 6.61 Å². The van der Waals surface area contributed by atoms with Crippen molar-refractivity contribution < 1.29 is 14.3 Å². The van der Waals surface area contributed by atoms with Gasteiger partial charge in [-0.1, -0.05) is 31.9 Å². The van der Waals surface area contributed by atoms with Gasteiger partial charge in [-0.05, 0) is 37.8 Å². The third-order valence-electron chi connectivity index (χ3n) is 4.94. The van der Waals surface area contributed by atoms with Crippen LogP contribution in [-0.2, 0) is 15.3 Å². The Morgan fingerprint density at radius 2 is 2.07 bits per heavy atom. The van der Waals surface area contributed by atoms with Gasteiger partial charge in [0, 0.05) is 22.1 Å². The van der Waals surface area contributed by atoms with Crippen molar-refractivity contribution in [2.45, 2.75) is 56.2 Å². The number of esters is 1. The van der Waals surface area contributed by atoms with Crippen LogP contribution in [0.2, 0.25) is 0 Å². The van der Waals surface area contributed by atoms with E-state index in [0.717, 1.165) is 34.9 Å². The summed E-state index contributed by atoms with van der Waals surface area (Å²) in [5, 5.41) is 6.07. The number of benzene rings is 1. The number of rotatable bonds is 7. The molecular weight excluding hydrogens is 392 g/mol. The maximum Gasteiger partial charge on any atom is 0.339 e. The van der Waals surface area contributed by atoms with E-state index >= 15 is 0 Å². The first-order valence-corrected chi connectivity index (χ1v) is 11.5. The summed E-state index contributed by atoms with van der Waals surface area (Å²) in [6.45, 7) is 3.89. The number of aryl methyl sites for hydroxylation is 1. The predicted octanol–water partition coefficient (Wildman–Crippen LogP) is 4.60. The number of hydrogen-bond acceptors (Lipinski definition) is 6. The van der Waals surface area contributed by atoms with Gasteiger partial charge in [0.1, 0.15) is 0 Å². The van der Waals surface area contributed by atoms with Crippen molar-refractivity contribution in [2.24, 2.45) is 5.92 Å². The zero-order valence-electron chi connectivity index (χ0n) is 16.3. The molecule has 0 unspecified atom stereocenters. The summed E-state index contributed by atoms with van der Waals surface area (Å²) >= 11 is 3.16. The smallest absolute Gasteiger partial charge is 0.339 e. The largest absolute Gasteiger partial charge is 0.452 e. The summed E-state index contributed by atoms with van der Waals surface area (Å²) in [7, 11) is 0. The number of thioether (sulfide) groups is 1. The first-order chi connectivity index (χ1) is 13.5. The van der Waals surface area contributed by atoms with Crippen LogP contribution < -0.4 is 5.32 Å². The zero-order chi connectivity index (χ0) is 19.9. The van der Waals surface area contributed by atoms with Crippen molar-refractivity contribution in [1.29, 1.82) is 0 Å². The van der Waals surface area contributed by atoms with Gasteiger partial charge in [0.2, 0.25) is 0 Å². The minimum absolute atomic E-state index is 0.185. The molecule has 1 fully saturated rings. The highest BCUT2D eigenvalue weighted by atomic mass is 32.2. The van der Waals surface area contributed by atoms with Gasteiger partial charge in [-0.3, -0.25) is 4.79 Å². The van der Waals surface area contributed by atoms with Crippen LogP contribution in [0.15, 0.2) is 34.5 Å². The molecule has 0 bridgehead atoms. The van der Waals surface area contributed by atoms with E-state index in [1.807, 2.05) is 24.4 Å². The molecule has 150 valence electrons. The Hall–Kier alpha value is -1.86. The number of carbonyl (C=O) groups excluding carboxylic acids is 2. The van der Waals surface area contributed by atoms with Gasteiger partial charge in [0.25, 0.3) is 5.91 Å². The maximum atomic E-state index is 12.5. The number of hydrogen-bond donors (Lipinski definition) is 1. The number of nitrogens with one attached hydrogen (secondary N) is 1. The number of nitrogens with zero attached hydrogens (tertiary/aromatic N) is 1. The quantitative estimate of drug-likeness (QED) is 0.526. The van der Waals surface area contributed by atoms with E-state index in [-0.39, 0.29) is 18.6 Å². The second-order valence-corrected chi connectivity index (χ2v) is 9.23. The van der Waals surface area contributed by atoms with Crippen molar-refractivity contribution >= 4 is 35.0 Å². The summed E-state index contributed by atoms with van der Waals surface area (Å²) in [6.07, 6.45) is 4.49. The van der Waals surface area contributed by atoms with E-state index in [1.165, 1.54) is 6.42 Å². The summed E-state index contributed by atoms with van der Waals surface area (Å²) < 4.78 is 5.29. The van der Waals surface area contributed by atoms with Crippen LogP contribution in [-0.4, -0.2) is 29.5 Å². The first-order valence-electron chi connectivity index (χ1n) is 9.62. The Morgan fingerprint density at radius 1 is 1.29 bits per heavy atom. The molecule has 0 radical (unpaired) electrons. The Bertz CT molecular complexity index is 821. The lowest BCUT2D eigenvalue weighted by atomic mass is 9.86. The van der Waals surface area contributed by atoms with Crippen molar-refractivity contribution in [3.05, 3.63) is 45.9 Å². The molecule has 2 aromatic rings. The van der Waals surface area contributed by atoms with Crippen molar-refractivity contribution in [3.8, 4) is 0 Å². The van der Waals surface area contributed by atoms with Crippen LogP contribution in [0.3, 0.4) is 0 Å². The lowest BCUT2D eigenvalue weighted by molar-refractivity contribution is -0.125. The molecule has 1 aliphatic rings. The summed E-state index contributed by atoms with van der Waals surface area (Å²) in [4.78, 5) is 30.0. The van der Waals surface area contributed by atoms with Crippen LogP contribution in [0, 0.1) is 12.8 Å². The van der Waals surface area contributed by atoms with E-state index in [4.69, 9.17) is 4.74 Å². The second-order valence-electron chi connectivity index (χ2n) is 7.15. The molecule has 28 heavy (non-hydrogen) atoms. The molecule has 1 aromatic heterocycles. The first kappa shape index (κ1) is 20.9. The van der Waals surface area contributed by atoms with E-state index < -0.39 is 5.97 Å². The van der Waals surface area contributed by atoms with Gasteiger partial charge in [-0.25, -0.2) is 9.78 Å². The van der Waals surface area contributed by atoms with Crippen LogP contribution in [0.5, 0.6) is 0 Å². The molecule has 2 atom stereocenters. The monoisotopic (exact) mass is 418 g/mol. The Labute approximate surface area is 174 Å². The SMILES string of the molecule is Cc1nc(CSc2ccccc2C(=O)OCC(=O)N[C@@H]2CCCC[C@H]2C)cs1. The predicted molar refractivity (Wildman–Crippen MR) is 113 cm³/mol. The van der Waals surface area contributed by atoms with Gasteiger partial charge in [-0.15, -0.1) is 23.1 Å². The molecule has 1 aromatic carbocycles.